The van der Waals surface area contributed by atoms with Gasteiger partial charge in [-0.2, -0.15) is 0 Å². The summed E-state index contributed by atoms with van der Waals surface area (Å²) in [5.41, 5.74) is 6.70. The Balaban J connectivity index is 1.40. The van der Waals surface area contributed by atoms with E-state index in [1.165, 1.54) is 14.7 Å². The SMILES string of the molecule is CCc1c(CN2C(=O)c3ccccc3C2=O)c(CC)c(CN2C(=O)c3ccccc3C2=O)c(CC)c1CN1C(=O)c2ccccc2C1=O. The van der Waals surface area contributed by atoms with E-state index in [4.69, 9.17) is 0 Å². The highest BCUT2D eigenvalue weighted by molar-refractivity contribution is 6.22. The predicted octanol–water partition coefficient (Wildman–Crippen LogP) is 5.76. The molecule has 4 aromatic carbocycles. The highest BCUT2D eigenvalue weighted by atomic mass is 16.2. The normalized spacial score (nSPS) is 15.2. The quantitative estimate of drug-likeness (QED) is 0.215. The van der Waals surface area contributed by atoms with E-state index in [2.05, 4.69) is 0 Å². The summed E-state index contributed by atoms with van der Waals surface area (Å²) in [5, 5.41) is 0. The molecule has 9 nitrogen and oxygen atoms in total. The van der Waals surface area contributed by atoms with Gasteiger partial charge in [0.25, 0.3) is 35.4 Å². The number of imide groups is 3. The van der Waals surface area contributed by atoms with E-state index in [0.717, 1.165) is 33.4 Å². The van der Waals surface area contributed by atoms with Crippen LogP contribution in [0, 0.1) is 0 Å². The first-order valence-electron chi connectivity index (χ1n) is 16.2. The molecule has 0 N–H and O–H groups in total. The lowest BCUT2D eigenvalue weighted by Gasteiger charge is -2.30. The fourth-order valence-electron chi connectivity index (χ4n) is 7.57. The first kappa shape index (κ1) is 30.9. The molecule has 0 atom stereocenters. The summed E-state index contributed by atoms with van der Waals surface area (Å²) >= 11 is 0. The van der Waals surface area contributed by atoms with Crippen molar-refractivity contribution < 1.29 is 28.8 Å². The molecule has 7 rings (SSSR count). The van der Waals surface area contributed by atoms with Crippen molar-refractivity contribution in [3.05, 3.63) is 140 Å². The summed E-state index contributed by atoms with van der Waals surface area (Å²) in [5.74, 6) is -2.40. The van der Waals surface area contributed by atoms with Crippen LogP contribution in [0.3, 0.4) is 0 Å². The summed E-state index contributed by atoms with van der Waals surface area (Å²) in [6.07, 6.45) is 1.47. The largest absolute Gasteiger partial charge is 0.270 e. The Bertz CT molecular complexity index is 1750. The Morgan fingerprint density at radius 2 is 0.521 bits per heavy atom. The fraction of sp³-hybridized carbons (Fsp3) is 0.231. The monoisotopic (exact) mass is 639 g/mol. The average Bonchev–Trinajstić information content (AvgIpc) is 3.61. The Kier molecular flexibility index (Phi) is 7.62. The first-order chi connectivity index (χ1) is 23.2. The molecule has 0 bridgehead atoms. The third-order valence-electron chi connectivity index (χ3n) is 9.83. The maximum Gasteiger partial charge on any atom is 0.261 e. The van der Waals surface area contributed by atoms with Crippen molar-refractivity contribution in [3.8, 4) is 0 Å². The maximum absolute atomic E-state index is 13.6. The molecular formula is C39H33N3O6. The maximum atomic E-state index is 13.6. The number of rotatable bonds is 9. The van der Waals surface area contributed by atoms with Gasteiger partial charge in [0.2, 0.25) is 0 Å². The number of amides is 6. The van der Waals surface area contributed by atoms with Gasteiger partial charge in [-0.3, -0.25) is 43.5 Å². The Labute approximate surface area is 277 Å². The molecule has 4 aromatic rings. The second-order valence-electron chi connectivity index (χ2n) is 12.2. The molecule has 0 spiro atoms. The number of benzene rings is 4. The average molecular weight is 640 g/mol. The van der Waals surface area contributed by atoms with Crippen LogP contribution in [0.2, 0.25) is 0 Å². The van der Waals surface area contributed by atoms with Gasteiger partial charge >= 0.3 is 0 Å². The molecule has 0 unspecified atom stereocenters. The van der Waals surface area contributed by atoms with E-state index < -0.39 is 35.4 Å². The number of nitrogens with zero attached hydrogens (tertiary/aromatic N) is 3. The van der Waals surface area contributed by atoms with Crippen molar-refractivity contribution in [2.24, 2.45) is 0 Å². The van der Waals surface area contributed by atoms with Crippen molar-refractivity contribution in [2.45, 2.75) is 59.7 Å². The van der Waals surface area contributed by atoms with E-state index in [-0.39, 0.29) is 19.6 Å². The number of fused-ring (bicyclic) bond motifs is 3. The van der Waals surface area contributed by atoms with Crippen LogP contribution in [0.4, 0.5) is 0 Å². The Morgan fingerprint density at radius 1 is 0.333 bits per heavy atom. The van der Waals surface area contributed by atoms with Gasteiger partial charge in [0.05, 0.1) is 53.0 Å². The molecular weight excluding hydrogens is 606 g/mol. The lowest BCUT2D eigenvalue weighted by atomic mass is 9.82. The molecule has 3 aliphatic heterocycles. The third-order valence-corrected chi connectivity index (χ3v) is 9.83. The van der Waals surface area contributed by atoms with Gasteiger partial charge < -0.3 is 0 Å². The van der Waals surface area contributed by atoms with Gasteiger partial charge in [-0.1, -0.05) is 57.2 Å². The molecule has 48 heavy (non-hydrogen) atoms. The van der Waals surface area contributed by atoms with Crippen molar-refractivity contribution in [1.29, 1.82) is 0 Å². The highest BCUT2D eigenvalue weighted by Gasteiger charge is 2.40. The third kappa shape index (κ3) is 4.52. The minimum absolute atomic E-state index is 0.0348. The lowest BCUT2D eigenvalue weighted by Crippen LogP contribution is -2.34. The summed E-state index contributed by atoms with van der Waals surface area (Å²) < 4.78 is 0. The summed E-state index contributed by atoms with van der Waals surface area (Å²) in [7, 11) is 0. The van der Waals surface area contributed by atoms with Crippen LogP contribution >= 0.6 is 0 Å². The molecule has 9 heteroatoms. The molecule has 240 valence electrons. The van der Waals surface area contributed by atoms with Gasteiger partial charge in [-0.05, 0) is 89.0 Å². The zero-order valence-corrected chi connectivity index (χ0v) is 27.0. The van der Waals surface area contributed by atoms with Crippen LogP contribution in [0.25, 0.3) is 0 Å². The summed E-state index contributed by atoms with van der Waals surface area (Å²) in [6.45, 7) is 5.80. The van der Waals surface area contributed by atoms with Crippen LogP contribution in [-0.2, 0) is 38.9 Å². The van der Waals surface area contributed by atoms with Crippen LogP contribution in [0.5, 0.6) is 0 Å². The van der Waals surface area contributed by atoms with Gasteiger partial charge in [-0.15, -0.1) is 0 Å². The second kappa shape index (κ2) is 11.8. The molecule has 0 fully saturated rings. The van der Waals surface area contributed by atoms with Gasteiger partial charge in [0, 0.05) is 0 Å². The number of carbonyl (C=O) groups is 6. The van der Waals surface area contributed by atoms with Crippen molar-refractivity contribution in [3.63, 3.8) is 0 Å². The summed E-state index contributed by atoms with van der Waals surface area (Å²) in [4.78, 5) is 85.3. The predicted molar refractivity (Wildman–Crippen MR) is 177 cm³/mol. The minimum Gasteiger partial charge on any atom is -0.270 e. The zero-order chi connectivity index (χ0) is 33.9. The molecule has 3 heterocycles. The van der Waals surface area contributed by atoms with Crippen molar-refractivity contribution in [1.82, 2.24) is 14.7 Å². The van der Waals surface area contributed by atoms with Gasteiger partial charge in [0.15, 0.2) is 0 Å². The Morgan fingerprint density at radius 3 is 0.688 bits per heavy atom. The van der Waals surface area contributed by atoms with Crippen molar-refractivity contribution >= 4 is 35.4 Å². The van der Waals surface area contributed by atoms with E-state index >= 15 is 0 Å². The minimum atomic E-state index is -0.400. The van der Waals surface area contributed by atoms with Crippen LogP contribution in [0.15, 0.2) is 72.8 Å². The van der Waals surface area contributed by atoms with E-state index in [1.807, 2.05) is 20.8 Å². The second-order valence-corrected chi connectivity index (χ2v) is 12.2. The molecule has 0 saturated carbocycles. The van der Waals surface area contributed by atoms with Crippen LogP contribution in [0.1, 0.15) is 116 Å². The topological polar surface area (TPSA) is 112 Å². The molecule has 0 aromatic heterocycles. The van der Waals surface area contributed by atoms with Crippen LogP contribution in [-0.4, -0.2) is 50.1 Å². The van der Waals surface area contributed by atoms with E-state index in [9.17, 15) is 28.8 Å². The number of hydrogen-bond acceptors (Lipinski definition) is 6. The van der Waals surface area contributed by atoms with E-state index in [1.54, 1.807) is 72.8 Å². The molecule has 3 aliphatic rings. The highest BCUT2D eigenvalue weighted by Crippen LogP contribution is 2.37. The molecule has 0 aliphatic carbocycles. The molecule has 0 radical (unpaired) electrons. The lowest BCUT2D eigenvalue weighted by molar-refractivity contribution is 0.0629. The smallest absolute Gasteiger partial charge is 0.261 e. The standard InChI is InChI=1S/C39H33N3O6/c1-4-22-31(19-40-34(43)25-13-7-8-14-26(25)35(40)44)23(5-2)33(21-42-38(47)29-17-11-12-18-30(29)39(42)48)24(6-3)32(22)20-41-36(45)27-15-9-10-16-28(27)37(41)46/h7-18H,4-6,19-21H2,1-3H3. The van der Waals surface area contributed by atoms with Crippen LogP contribution < -0.4 is 0 Å². The first-order valence-corrected chi connectivity index (χ1v) is 16.2. The Hall–Kier alpha value is -5.70. The number of hydrogen-bond donors (Lipinski definition) is 0. The molecule has 6 amide bonds. The van der Waals surface area contributed by atoms with E-state index in [0.29, 0.717) is 52.6 Å². The zero-order valence-electron chi connectivity index (χ0n) is 27.0. The summed E-state index contributed by atoms with van der Waals surface area (Å²) in [6, 6.07) is 20.2. The van der Waals surface area contributed by atoms with Gasteiger partial charge in [-0.25, -0.2) is 0 Å². The molecule has 0 saturated heterocycles. The van der Waals surface area contributed by atoms with Gasteiger partial charge in [0.1, 0.15) is 0 Å². The van der Waals surface area contributed by atoms with Crippen molar-refractivity contribution in [2.75, 3.05) is 0 Å². The number of carbonyl (C=O) groups excluding carboxylic acids is 6. The fourth-order valence-corrected chi connectivity index (χ4v) is 7.57.